The van der Waals surface area contributed by atoms with Crippen LogP contribution in [0.25, 0.3) is 21.7 Å². The summed E-state index contributed by atoms with van der Waals surface area (Å²) in [6, 6.07) is 13.7. The molecule has 0 atom stereocenters. The van der Waals surface area contributed by atoms with Crippen molar-refractivity contribution in [3.05, 3.63) is 53.9 Å². The molecule has 1 aliphatic heterocycles. The molecule has 9 heteroatoms. The van der Waals surface area contributed by atoms with Crippen molar-refractivity contribution in [3.63, 3.8) is 0 Å². The summed E-state index contributed by atoms with van der Waals surface area (Å²) in [7, 11) is 0. The Morgan fingerprint density at radius 1 is 1.12 bits per heavy atom. The van der Waals surface area contributed by atoms with Gasteiger partial charge in [-0.1, -0.05) is 29.0 Å². The van der Waals surface area contributed by atoms with E-state index in [0.717, 1.165) is 52.9 Å². The molecule has 32 heavy (non-hydrogen) atoms. The van der Waals surface area contributed by atoms with E-state index in [2.05, 4.69) is 20.4 Å². The van der Waals surface area contributed by atoms with Gasteiger partial charge in [-0.3, -0.25) is 4.79 Å². The van der Waals surface area contributed by atoms with E-state index in [-0.39, 0.29) is 12.3 Å². The molecule has 1 aliphatic rings. The number of hydrogen-bond acceptors (Lipinski definition) is 8. The van der Waals surface area contributed by atoms with Crippen LogP contribution in [0.5, 0.6) is 0 Å². The van der Waals surface area contributed by atoms with Crippen molar-refractivity contribution in [2.24, 2.45) is 0 Å². The molecule has 0 bridgehead atoms. The molecule has 164 valence electrons. The van der Waals surface area contributed by atoms with Gasteiger partial charge in [0.25, 0.3) is 0 Å². The summed E-state index contributed by atoms with van der Waals surface area (Å²) in [5.41, 5.74) is 3.72. The largest absolute Gasteiger partial charge is 0.421 e. The number of hydrogen-bond donors (Lipinski definition) is 1. The van der Waals surface area contributed by atoms with Crippen molar-refractivity contribution >= 4 is 38.3 Å². The fraction of sp³-hybridized carbons (Fsp3) is 0.304. The summed E-state index contributed by atoms with van der Waals surface area (Å²) in [5, 5.41) is 12.1. The average molecular weight is 450 g/mol. The summed E-state index contributed by atoms with van der Waals surface area (Å²) in [6.45, 7) is 5.18. The predicted molar refractivity (Wildman–Crippen MR) is 124 cm³/mol. The van der Waals surface area contributed by atoms with Crippen LogP contribution in [0.3, 0.4) is 0 Å². The van der Waals surface area contributed by atoms with E-state index < -0.39 is 0 Å². The molecule has 0 radical (unpaired) electrons. The summed E-state index contributed by atoms with van der Waals surface area (Å²) in [6.07, 6.45) is 0.643. The highest BCUT2D eigenvalue weighted by Crippen LogP contribution is 2.31. The number of fused-ring (bicyclic) bond motifs is 1. The number of carbonyl (C=O) groups is 1. The van der Waals surface area contributed by atoms with Gasteiger partial charge in [-0.25, -0.2) is 4.98 Å². The number of amides is 1. The van der Waals surface area contributed by atoms with E-state index in [1.165, 1.54) is 5.56 Å². The number of rotatable bonds is 6. The first-order valence-electron chi connectivity index (χ1n) is 10.6. The highest BCUT2D eigenvalue weighted by Gasteiger charge is 2.16. The Kier molecular flexibility index (Phi) is 5.83. The normalized spacial score (nSPS) is 14.1. The number of aryl methyl sites for hydroxylation is 2. The SMILES string of the molecule is Cc1ccc(-c2nnc(CCC(=O)Nc3ccc4nc(N5CCOCC5)sc4c3)o2)cc1. The molecule has 5 rings (SSSR count). The molecule has 0 unspecified atom stereocenters. The lowest BCUT2D eigenvalue weighted by atomic mass is 10.1. The van der Waals surface area contributed by atoms with E-state index in [1.807, 2.05) is 49.4 Å². The van der Waals surface area contributed by atoms with E-state index in [4.69, 9.17) is 14.1 Å². The van der Waals surface area contributed by atoms with Crippen molar-refractivity contribution in [3.8, 4) is 11.5 Å². The van der Waals surface area contributed by atoms with Gasteiger partial charge in [-0.2, -0.15) is 0 Å². The Morgan fingerprint density at radius 3 is 2.75 bits per heavy atom. The van der Waals surface area contributed by atoms with Gasteiger partial charge >= 0.3 is 0 Å². The zero-order valence-electron chi connectivity index (χ0n) is 17.7. The summed E-state index contributed by atoms with van der Waals surface area (Å²) in [4.78, 5) is 19.4. The van der Waals surface area contributed by atoms with Crippen LogP contribution >= 0.6 is 11.3 Å². The Labute approximate surface area is 189 Å². The number of nitrogens with one attached hydrogen (secondary N) is 1. The van der Waals surface area contributed by atoms with Crippen molar-refractivity contribution in [1.29, 1.82) is 0 Å². The smallest absolute Gasteiger partial charge is 0.247 e. The predicted octanol–water partition coefficient (Wildman–Crippen LogP) is 4.06. The highest BCUT2D eigenvalue weighted by atomic mass is 32.1. The van der Waals surface area contributed by atoms with Gasteiger partial charge in [-0.15, -0.1) is 10.2 Å². The summed E-state index contributed by atoms with van der Waals surface area (Å²) in [5.74, 6) is 0.813. The van der Waals surface area contributed by atoms with Crippen LogP contribution in [0.1, 0.15) is 17.9 Å². The average Bonchev–Trinajstić information content (AvgIpc) is 3.46. The van der Waals surface area contributed by atoms with Crippen LogP contribution in [-0.4, -0.2) is 47.4 Å². The van der Waals surface area contributed by atoms with Crippen LogP contribution in [0.2, 0.25) is 0 Å². The minimum Gasteiger partial charge on any atom is -0.421 e. The van der Waals surface area contributed by atoms with Crippen LogP contribution in [0.15, 0.2) is 46.9 Å². The van der Waals surface area contributed by atoms with Crippen molar-refractivity contribution in [2.45, 2.75) is 19.8 Å². The lowest BCUT2D eigenvalue weighted by Gasteiger charge is -2.25. The molecule has 1 saturated heterocycles. The van der Waals surface area contributed by atoms with Crippen LogP contribution in [0.4, 0.5) is 10.8 Å². The van der Waals surface area contributed by atoms with Gasteiger partial charge < -0.3 is 19.4 Å². The lowest BCUT2D eigenvalue weighted by molar-refractivity contribution is -0.116. The maximum absolute atomic E-state index is 12.5. The first-order chi connectivity index (χ1) is 15.6. The molecule has 1 fully saturated rings. The molecule has 2 aromatic heterocycles. The minimum atomic E-state index is -0.0997. The molecule has 0 saturated carbocycles. The van der Waals surface area contributed by atoms with E-state index >= 15 is 0 Å². The third-order valence-electron chi connectivity index (χ3n) is 5.27. The molecule has 4 aromatic rings. The van der Waals surface area contributed by atoms with Gasteiger partial charge in [-0.05, 0) is 37.3 Å². The molecule has 0 aliphatic carbocycles. The van der Waals surface area contributed by atoms with E-state index in [9.17, 15) is 4.79 Å². The fourth-order valence-corrected chi connectivity index (χ4v) is 4.55. The highest BCUT2D eigenvalue weighted by molar-refractivity contribution is 7.22. The molecule has 1 N–H and O–H groups in total. The number of thiazole rings is 1. The second-order valence-corrected chi connectivity index (χ2v) is 8.70. The summed E-state index contributed by atoms with van der Waals surface area (Å²) < 4.78 is 12.2. The number of morpholine rings is 1. The summed E-state index contributed by atoms with van der Waals surface area (Å²) >= 11 is 1.63. The molecule has 3 heterocycles. The monoisotopic (exact) mass is 449 g/mol. The second kappa shape index (κ2) is 9.05. The Hall–Kier alpha value is -3.30. The Bertz CT molecular complexity index is 1230. The molecule has 0 spiro atoms. The van der Waals surface area contributed by atoms with Crippen LogP contribution < -0.4 is 10.2 Å². The van der Waals surface area contributed by atoms with Gasteiger partial charge in [0.1, 0.15) is 0 Å². The van der Waals surface area contributed by atoms with Gasteiger partial charge in [0.2, 0.25) is 17.7 Å². The molecule has 8 nitrogen and oxygen atoms in total. The number of ether oxygens (including phenoxy) is 1. The first kappa shape index (κ1) is 20.6. The maximum atomic E-state index is 12.5. The van der Waals surface area contributed by atoms with Crippen LogP contribution in [-0.2, 0) is 16.0 Å². The quantitative estimate of drug-likeness (QED) is 0.474. The number of aromatic nitrogens is 3. The van der Waals surface area contributed by atoms with Crippen molar-refractivity contribution < 1.29 is 13.9 Å². The third-order valence-corrected chi connectivity index (χ3v) is 6.35. The van der Waals surface area contributed by atoms with Gasteiger partial charge in [0.05, 0.1) is 23.4 Å². The Balaban J connectivity index is 1.19. The minimum absolute atomic E-state index is 0.0997. The number of nitrogens with zero attached hydrogens (tertiary/aromatic N) is 4. The Morgan fingerprint density at radius 2 is 1.94 bits per heavy atom. The second-order valence-electron chi connectivity index (χ2n) is 7.69. The van der Waals surface area contributed by atoms with Crippen molar-refractivity contribution in [2.75, 3.05) is 36.5 Å². The van der Waals surface area contributed by atoms with Gasteiger partial charge in [0, 0.05) is 37.2 Å². The number of benzene rings is 2. The number of carbonyl (C=O) groups excluding carboxylic acids is 1. The molecular formula is C23H23N5O3S. The standard InChI is InChI=1S/C23H23N5O3S/c1-15-2-4-16(5-3-15)22-27-26-21(31-22)9-8-20(29)24-17-6-7-18-19(14-17)32-23(25-18)28-10-12-30-13-11-28/h2-7,14H,8-13H2,1H3,(H,24,29). The fourth-order valence-electron chi connectivity index (χ4n) is 3.49. The van der Waals surface area contributed by atoms with Crippen molar-refractivity contribution in [1.82, 2.24) is 15.2 Å². The van der Waals surface area contributed by atoms with Crippen LogP contribution in [0, 0.1) is 6.92 Å². The third kappa shape index (κ3) is 4.63. The van der Waals surface area contributed by atoms with E-state index in [1.54, 1.807) is 11.3 Å². The van der Waals surface area contributed by atoms with Gasteiger partial charge in [0.15, 0.2) is 5.13 Å². The maximum Gasteiger partial charge on any atom is 0.247 e. The molecule has 1 amide bonds. The number of anilines is 2. The first-order valence-corrected chi connectivity index (χ1v) is 11.4. The molecule has 2 aromatic carbocycles. The molecular weight excluding hydrogens is 426 g/mol. The lowest BCUT2D eigenvalue weighted by Crippen LogP contribution is -2.36. The van der Waals surface area contributed by atoms with E-state index in [0.29, 0.717) is 18.2 Å². The topological polar surface area (TPSA) is 93.4 Å². The zero-order valence-corrected chi connectivity index (χ0v) is 18.5. The zero-order chi connectivity index (χ0) is 21.9.